The number of hydrogen-bond donors (Lipinski definition) is 0. The van der Waals surface area contributed by atoms with Gasteiger partial charge in [-0.2, -0.15) is 0 Å². The molecule has 0 radical (unpaired) electrons. The molecule has 26 heavy (non-hydrogen) atoms. The number of anilines is 1. The predicted octanol–water partition coefficient (Wildman–Crippen LogP) is 4.06. The Morgan fingerprint density at radius 3 is 2.38 bits per heavy atom. The number of nitrogens with zero attached hydrogens (tertiary/aromatic N) is 2. The van der Waals surface area contributed by atoms with Crippen LogP contribution in [0.3, 0.4) is 0 Å². The van der Waals surface area contributed by atoms with Crippen LogP contribution in [0.5, 0.6) is 0 Å². The Kier molecular flexibility index (Phi) is 4.99. The normalized spacial score (nSPS) is 11.3. The number of aromatic nitrogens is 1. The van der Waals surface area contributed by atoms with Crippen molar-refractivity contribution < 1.29 is 17.2 Å². The van der Waals surface area contributed by atoms with Gasteiger partial charge in [0.15, 0.2) is 0 Å². The summed E-state index contributed by atoms with van der Waals surface area (Å²) in [6.07, 6.45) is 3.14. The van der Waals surface area contributed by atoms with Crippen molar-refractivity contribution in [2.75, 3.05) is 4.31 Å². The van der Waals surface area contributed by atoms with Crippen LogP contribution in [-0.4, -0.2) is 13.4 Å². The highest BCUT2D eigenvalue weighted by molar-refractivity contribution is 7.92. The summed E-state index contributed by atoms with van der Waals surface area (Å²) in [5.41, 5.74) is 1.20. The molecule has 3 aromatic rings. The molecule has 0 aliphatic heterocycles. The van der Waals surface area contributed by atoms with Gasteiger partial charge in [0, 0.05) is 12.4 Å². The second-order valence-electron chi connectivity index (χ2n) is 5.76. The number of sulfonamides is 1. The van der Waals surface area contributed by atoms with Gasteiger partial charge in [0.1, 0.15) is 11.6 Å². The minimum atomic E-state index is -3.99. The Bertz CT molecular complexity index is 1010. The van der Waals surface area contributed by atoms with E-state index >= 15 is 0 Å². The van der Waals surface area contributed by atoms with E-state index in [2.05, 4.69) is 4.98 Å². The number of rotatable bonds is 5. The molecule has 0 bridgehead atoms. The molecule has 0 aliphatic rings. The number of benzene rings is 2. The fourth-order valence-corrected chi connectivity index (χ4v) is 4.02. The minimum Gasteiger partial charge on any atom is -0.264 e. The lowest BCUT2D eigenvalue weighted by Crippen LogP contribution is -2.30. The Hall–Kier alpha value is -2.80. The first kappa shape index (κ1) is 18.0. The summed E-state index contributed by atoms with van der Waals surface area (Å²) in [4.78, 5) is 3.96. The molecule has 134 valence electrons. The summed E-state index contributed by atoms with van der Waals surface area (Å²) in [6.45, 7) is 1.51. The lowest BCUT2D eigenvalue weighted by molar-refractivity contribution is 0.588. The third kappa shape index (κ3) is 3.72. The number of pyridine rings is 1. The van der Waals surface area contributed by atoms with Crippen molar-refractivity contribution in [1.82, 2.24) is 4.98 Å². The standard InChI is InChI=1S/C19H16F2N2O2S/c1-14-11-18(8-9-19(14)21)26(24,25)23(13-15-3-2-10-22-12-15)17-6-4-16(20)5-7-17/h2-12H,13H2,1H3. The zero-order valence-electron chi connectivity index (χ0n) is 13.9. The molecule has 0 fully saturated rings. The first-order valence-corrected chi connectivity index (χ1v) is 9.25. The minimum absolute atomic E-state index is 0.0121. The van der Waals surface area contributed by atoms with Gasteiger partial charge in [-0.05, 0) is 66.6 Å². The van der Waals surface area contributed by atoms with Crippen LogP contribution in [0.2, 0.25) is 0 Å². The number of hydrogen-bond acceptors (Lipinski definition) is 3. The highest BCUT2D eigenvalue weighted by atomic mass is 32.2. The van der Waals surface area contributed by atoms with E-state index in [0.717, 1.165) is 10.4 Å². The molecule has 0 saturated heterocycles. The topological polar surface area (TPSA) is 50.3 Å². The van der Waals surface area contributed by atoms with Crippen LogP contribution in [0.1, 0.15) is 11.1 Å². The highest BCUT2D eigenvalue weighted by Gasteiger charge is 2.26. The molecular formula is C19H16F2N2O2S. The van der Waals surface area contributed by atoms with Gasteiger partial charge < -0.3 is 0 Å². The monoisotopic (exact) mass is 374 g/mol. The first-order chi connectivity index (χ1) is 12.4. The first-order valence-electron chi connectivity index (χ1n) is 7.81. The van der Waals surface area contributed by atoms with Gasteiger partial charge in [0.05, 0.1) is 17.1 Å². The van der Waals surface area contributed by atoms with E-state index in [-0.39, 0.29) is 17.0 Å². The molecule has 7 heteroatoms. The van der Waals surface area contributed by atoms with Crippen LogP contribution in [0.25, 0.3) is 0 Å². The van der Waals surface area contributed by atoms with Gasteiger partial charge >= 0.3 is 0 Å². The molecule has 0 aliphatic carbocycles. The maximum atomic E-state index is 13.5. The molecule has 0 N–H and O–H groups in total. The Morgan fingerprint density at radius 2 is 1.77 bits per heavy atom. The fraction of sp³-hybridized carbons (Fsp3) is 0.105. The van der Waals surface area contributed by atoms with Crippen LogP contribution in [0.15, 0.2) is 71.9 Å². The fourth-order valence-electron chi connectivity index (χ4n) is 2.48. The molecule has 2 aromatic carbocycles. The smallest absolute Gasteiger partial charge is 0.264 e. The maximum Gasteiger partial charge on any atom is 0.264 e. The molecule has 0 amide bonds. The Balaban J connectivity index is 2.09. The zero-order chi connectivity index (χ0) is 18.7. The molecule has 4 nitrogen and oxygen atoms in total. The van der Waals surface area contributed by atoms with E-state index < -0.39 is 21.7 Å². The molecule has 3 rings (SSSR count). The second-order valence-corrected chi connectivity index (χ2v) is 7.62. The van der Waals surface area contributed by atoms with Gasteiger partial charge in [-0.3, -0.25) is 9.29 Å². The van der Waals surface area contributed by atoms with E-state index in [4.69, 9.17) is 0 Å². The maximum absolute atomic E-state index is 13.5. The molecule has 0 spiro atoms. The van der Waals surface area contributed by atoms with Gasteiger partial charge in [-0.1, -0.05) is 6.07 Å². The third-order valence-corrected chi connectivity index (χ3v) is 5.65. The lowest BCUT2D eigenvalue weighted by Gasteiger charge is -2.25. The lowest BCUT2D eigenvalue weighted by atomic mass is 10.2. The summed E-state index contributed by atoms with van der Waals surface area (Å²) < 4.78 is 54.3. The van der Waals surface area contributed by atoms with Crippen molar-refractivity contribution in [2.24, 2.45) is 0 Å². The van der Waals surface area contributed by atoms with Gasteiger partial charge in [-0.25, -0.2) is 17.2 Å². The van der Waals surface area contributed by atoms with Crippen LogP contribution in [0, 0.1) is 18.6 Å². The van der Waals surface area contributed by atoms with Crippen molar-refractivity contribution in [3.05, 3.63) is 89.8 Å². The molecule has 1 aromatic heterocycles. The summed E-state index contributed by atoms with van der Waals surface area (Å²) in [5, 5.41) is 0. The van der Waals surface area contributed by atoms with E-state index in [1.807, 2.05) is 0 Å². The van der Waals surface area contributed by atoms with E-state index in [1.54, 1.807) is 24.5 Å². The van der Waals surface area contributed by atoms with Gasteiger partial charge in [-0.15, -0.1) is 0 Å². The van der Waals surface area contributed by atoms with Crippen LogP contribution < -0.4 is 4.31 Å². The van der Waals surface area contributed by atoms with E-state index in [1.165, 1.54) is 43.3 Å². The average molecular weight is 374 g/mol. The zero-order valence-corrected chi connectivity index (χ0v) is 14.7. The quantitative estimate of drug-likeness (QED) is 0.677. The summed E-state index contributed by atoms with van der Waals surface area (Å²) >= 11 is 0. The summed E-state index contributed by atoms with van der Waals surface area (Å²) in [5.74, 6) is -0.949. The Labute approximate surface area is 150 Å². The Morgan fingerprint density at radius 1 is 1.04 bits per heavy atom. The van der Waals surface area contributed by atoms with Crippen molar-refractivity contribution >= 4 is 15.7 Å². The summed E-state index contributed by atoms with van der Waals surface area (Å²) in [6, 6.07) is 12.2. The van der Waals surface area contributed by atoms with Crippen molar-refractivity contribution in [2.45, 2.75) is 18.4 Å². The van der Waals surface area contributed by atoms with Crippen LogP contribution >= 0.6 is 0 Å². The van der Waals surface area contributed by atoms with Crippen molar-refractivity contribution in [3.8, 4) is 0 Å². The van der Waals surface area contributed by atoms with Gasteiger partial charge in [0.25, 0.3) is 10.0 Å². The predicted molar refractivity (Wildman–Crippen MR) is 95.1 cm³/mol. The largest absolute Gasteiger partial charge is 0.264 e. The van der Waals surface area contributed by atoms with Gasteiger partial charge in [0.2, 0.25) is 0 Å². The number of halogens is 2. The summed E-state index contributed by atoms with van der Waals surface area (Å²) in [7, 11) is -3.99. The third-order valence-electron chi connectivity index (χ3n) is 3.88. The second kappa shape index (κ2) is 7.21. The van der Waals surface area contributed by atoms with Crippen LogP contribution in [0.4, 0.5) is 14.5 Å². The van der Waals surface area contributed by atoms with E-state index in [9.17, 15) is 17.2 Å². The molecule has 0 saturated carbocycles. The van der Waals surface area contributed by atoms with Crippen molar-refractivity contribution in [1.29, 1.82) is 0 Å². The SMILES string of the molecule is Cc1cc(S(=O)(=O)N(Cc2cccnc2)c2ccc(F)cc2)ccc1F. The number of aryl methyl sites for hydroxylation is 1. The van der Waals surface area contributed by atoms with Crippen LogP contribution in [-0.2, 0) is 16.6 Å². The molecule has 1 heterocycles. The molecule has 0 atom stereocenters. The average Bonchev–Trinajstić information content (AvgIpc) is 2.63. The van der Waals surface area contributed by atoms with Crippen molar-refractivity contribution in [3.63, 3.8) is 0 Å². The molecule has 0 unspecified atom stereocenters. The highest BCUT2D eigenvalue weighted by Crippen LogP contribution is 2.27. The van der Waals surface area contributed by atoms with E-state index in [0.29, 0.717) is 11.3 Å². The molecular weight excluding hydrogens is 358 g/mol.